The van der Waals surface area contributed by atoms with Crippen LogP contribution in [0.2, 0.25) is 0 Å². The van der Waals surface area contributed by atoms with Gasteiger partial charge in [0, 0.05) is 0 Å². The third-order valence-electron chi connectivity index (χ3n) is 4.63. The summed E-state index contributed by atoms with van der Waals surface area (Å²) in [6.07, 6.45) is -0.155. The first-order valence-corrected chi connectivity index (χ1v) is 9.04. The number of methoxy groups -OCH3 is 1. The number of aromatic nitrogens is 2. The number of H-pyrrole nitrogens is 1. The number of imide groups is 1. The van der Waals surface area contributed by atoms with Gasteiger partial charge < -0.3 is 20.4 Å². The van der Waals surface area contributed by atoms with E-state index in [4.69, 9.17) is 4.74 Å². The number of imidazole rings is 1. The number of rotatable bonds is 6. The first kappa shape index (κ1) is 18.5. The molecular weight excluding hydrogens is 374 g/mol. The lowest BCUT2D eigenvalue weighted by Gasteiger charge is -2.13. The monoisotopic (exact) mass is 393 g/mol. The summed E-state index contributed by atoms with van der Waals surface area (Å²) in [6, 6.07) is 12.6. The van der Waals surface area contributed by atoms with Crippen molar-refractivity contribution in [3.63, 3.8) is 0 Å². The zero-order valence-electron chi connectivity index (χ0n) is 15.6. The molecule has 1 atom stereocenters. The van der Waals surface area contributed by atoms with E-state index >= 15 is 0 Å². The smallest absolute Gasteiger partial charge is 0.329 e. The molecule has 1 fully saturated rings. The highest BCUT2D eigenvalue weighted by Gasteiger charge is 2.40. The van der Waals surface area contributed by atoms with Crippen LogP contribution in [0.15, 0.2) is 48.5 Å². The zero-order valence-corrected chi connectivity index (χ0v) is 15.6. The molecule has 148 valence electrons. The van der Waals surface area contributed by atoms with E-state index in [2.05, 4.69) is 20.6 Å². The van der Waals surface area contributed by atoms with E-state index in [1.165, 1.54) is 7.11 Å². The molecule has 4 amide bonds. The average molecular weight is 393 g/mol. The van der Waals surface area contributed by atoms with Crippen LogP contribution in [-0.4, -0.2) is 41.0 Å². The normalized spacial score (nSPS) is 16.2. The van der Waals surface area contributed by atoms with E-state index in [1.54, 1.807) is 24.3 Å². The number of urea groups is 1. The molecule has 0 radical (unpaired) electrons. The maximum atomic E-state index is 12.6. The van der Waals surface area contributed by atoms with Crippen molar-refractivity contribution >= 4 is 34.6 Å². The summed E-state index contributed by atoms with van der Waals surface area (Å²) in [4.78, 5) is 45.6. The molecule has 29 heavy (non-hydrogen) atoms. The minimum atomic E-state index is -0.916. The number of carbonyl (C=O) groups excluding carboxylic acids is 3. The third-order valence-corrected chi connectivity index (χ3v) is 4.63. The molecule has 2 aromatic carbocycles. The summed E-state index contributed by atoms with van der Waals surface area (Å²) in [5.74, 6) is 0.392. The van der Waals surface area contributed by atoms with E-state index in [0.717, 1.165) is 15.9 Å². The van der Waals surface area contributed by atoms with Crippen molar-refractivity contribution in [1.82, 2.24) is 20.6 Å². The first-order chi connectivity index (χ1) is 14.0. The lowest BCUT2D eigenvalue weighted by molar-refractivity contribution is -0.125. The van der Waals surface area contributed by atoms with E-state index in [9.17, 15) is 14.4 Å². The van der Waals surface area contributed by atoms with Crippen LogP contribution in [0.1, 0.15) is 12.2 Å². The molecule has 4 rings (SSSR count). The van der Waals surface area contributed by atoms with Crippen LogP contribution in [0.25, 0.3) is 11.0 Å². The Morgan fingerprint density at radius 3 is 2.66 bits per heavy atom. The van der Waals surface area contributed by atoms with Crippen molar-refractivity contribution in [3.8, 4) is 5.75 Å². The van der Waals surface area contributed by atoms with Gasteiger partial charge in [0.2, 0.25) is 5.91 Å². The summed E-state index contributed by atoms with van der Waals surface area (Å²) in [6.45, 7) is 0.199. The number of nitrogens with zero attached hydrogens (tertiary/aromatic N) is 2. The highest BCUT2D eigenvalue weighted by atomic mass is 16.5. The van der Waals surface area contributed by atoms with Crippen LogP contribution in [-0.2, 0) is 16.1 Å². The fraction of sp³-hybridized carbons (Fsp3) is 0.200. The van der Waals surface area contributed by atoms with Crippen molar-refractivity contribution in [2.24, 2.45) is 0 Å². The molecule has 0 unspecified atom stereocenters. The molecule has 9 nitrogen and oxygen atoms in total. The topological polar surface area (TPSA) is 116 Å². The highest BCUT2D eigenvalue weighted by Crippen LogP contribution is 2.23. The molecule has 3 aromatic rings. The lowest BCUT2D eigenvalue weighted by Crippen LogP contribution is -2.36. The van der Waals surface area contributed by atoms with Gasteiger partial charge in [-0.15, -0.1) is 0 Å². The number of hydrogen-bond donors (Lipinski definition) is 3. The Hall–Kier alpha value is -3.88. The number of fused-ring (bicyclic) bond motifs is 1. The Morgan fingerprint density at radius 1 is 1.17 bits per heavy atom. The molecule has 0 saturated carbocycles. The standard InChI is InChI=1S/C20H19N5O4/c1-29-13-8-6-12(7-9-13)25-19(27)16(24-20(25)28)10-18(26)21-11-17-22-14-4-2-3-5-15(14)23-17/h2-9,16H,10-11H2,1H3,(H,21,26)(H,22,23)(H,24,28)/t16-/m1/s1. The number of para-hydroxylation sites is 2. The second kappa shape index (κ2) is 7.63. The summed E-state index contributed by atoms with van der Waals surface area (Å²) in [5.41, 5.74) is 2.11. The average Bonchev–Trinajstić information content (AvgIpc) is 3.27. The quantitative estimate of drug-likeness (QED) is 0.551. The first-order valence-electron chi connectivity index (χ1n) is 9.04. The van der Waals surface area contributed by atoms with Gasteiger partial charge in [0.1, 0.15) is 17.6 Å². The minimum Gasteiger partial charge on any atom is -0.497 e. The van der Waals surface area contributed by atoms with Crippen LogP contribution in [0.5, 0.6) is 5.75 Å². The third kappa shape index (κ3) is 3.75. The summed E-state index contributed by atoms with van der Waals surface area (Å²) in [5, 5.41) is 5.27. The van der Waals surface area contributed by atoms with Crippen LogP contribution < -0.4 is 20.3 Å². The van der Waals surface area contributed by atoms with Gasteiger partial charge in [-0.1, -0.05) is 12.1 Å². The fourth-order valence-corrected chi connectivity index (χ4v) is 3.17. The fourth-order valence-electron chi connectivity index (χ4n) is 3.17. The summed E-state index contributed by atoms with van der Waals surface area (Å²) >= 11 is 0. The molecule has 1 aliphatic heterocycles. The largest absolute Gasteiger partial charge is 0.497 e. The molecule has 1 saturated heterocycles. The van der Waals surface area contributed by atoms with Crippen molar-refractivity contribution in [3.05, 3.63) is 54.4 Å². The Balaban J connectivity index is 1.36. The van der Waals surface area contributed by atoms with E-state index in [-0.39, 0.29) is 18.9 Å². The molecular formula is C20H19N5O4. The van der Waals surface area contributed by atoms with Crippen molar-refractivity contribution in [1.29, 1.82) is 0 Å². The highest BCUT2D eigenvalue weighted by molar-refractivity contribution is 6.22. The molecule has 9 heteroatoms. The van der Waals surface area contributed by atoms with Gasteiger partial charge in [-0.2, -0.15) is 0 Å². The van der Waals surface area contributed by atoms with Crippen LogP contribution in [0.4, 0.5) is 10.5 Å². The number of benzene rings is 2. The predicted octanol–water partition coefficient (Wildman–Crippen LogP) is 1.70. The molecule has 0 spiro atoms. The maximum absolute atomic E-state index is 12.6. The van der Waals surface area contributed by atoms with Gasteiger partial charge in [-0.3, -0.25) is 9.59 Å². The summed E-state index contributed by atoms with van der Waals surface area (Å²) in [7, 11) is 1.53. The second-order valence-corrected chi connectivity index (χ2v) is 6.56. The number of aromatic amines is 1. The van der Waals surface area contributed by atoms with Crippen molar-refractivity contribution < 1.29 is 19.1 Å². The number of ether oxygens (including phenoxy) is 1. The van der Waals surface area contributed by atoms with Gasteiger partial charge in [0.15, 0.2) is 0 Å². The Kier molecular flexibility index (Phi) is 4.86. The number of carbonyl (C=O) groups is 3. The number of anilines is 1. The second-order valence-electron chi connectivity index (χ2n) is 6.56. The predicted molar refractivity (Wildman–Crippen MR) is 105 cm³/mol. The van der Waals surface area contributed by atoms with Gasteiger partial charge >= 0.3 is 6.03 Å². The lowest BCUT2D eigenvalue weighted by atomic mass is 10.2. The SMILES string of the molecule is COc1ccc(N2C(=O)N[C@H](CC(=O)NCc3nc4ccccc4[nH]3)C2=O)cc1. The van der Waals surface area contributed by atoms with Gasteiger partial charge in [0.05, 0.1) is 36.8 Å². The van der Waals surface area contributed by atoms with E-state index < -0.39 is 18.0 Å². The van der Waals surface area contributed by atoms with Gasteiger partial charge in [0.25, 0.3) is 5.91 Å². The van der Waals surface area contributed by atoms with Crippen LogP contribution >= 0.6 is 0 Å². The van der Waals surface area contributed by atoms with E-state index in [1.807, 2.05) is 24.3 Å². The number of hydrogen-bond acceptors (Lipinski definition) is 5. The Labute approximate surface area is 166 Å². The van der Waals surface area contributed by atoms with Crippen molar-refractivity contribution in [2.75, 3.05) is 12.0 Å². The molecule has 0 aliphatic carbocycles. The molecule has 2 heterocycles. The number of nitrogens with one attached hydrogen (secondary N) is 3. The molecule has 3 N–H and O–H groups in total. The summed E-state index contributed by atoms with van der Waals surface area (Å²) < 4.78 is 5.08. The van der Waals surface area contributed by atoms with Gasteiger partial charge in [-0.25, -0.2) is 14.7 Å². The Bertz CT molecular complexity index is 1040. The van der Waals surface area contributed by atoms with Gasteiger partial charge in [-0.05, 0) is 36.4 Å². The molecule has 1 aliphatic rings. The van der Waals surface area contributed by atoms with Crippen LogP contribution in [0, 0.1) is 0 Å². The molecule has 0 bridgehead atoms. The Morgan fingerprint density at radius 2 is 1.93 bits per heavy atom. The van der Waals surface area contributed by atoms with Crippen molar-refractivity contribution in [2.45, 2.75) is 19.0 Å². The number of amides is 4. The van der Waals surface area contributed by atoms with Crippen LogP contribution in [0.3, 0.4) is 0 Å². The maximum Gasteiger partial charge on any atom is 0.329 e. The minimum absolute atomic E-state index is 0.155. The molecule has 1 aromatic heterocycles. The zero-order chi connectivity index (χ0) is 20.4. The van der Waals surface area contributed by atoms with E-state index in [0.29, 0.717) is 17.3 Å².